The first-order valence-corrected chi connectivity index (χ1v) is 10.5. The van der Waals surface area contributed by atoms with E-state index in [1.54, 1.807) is 24.3 Å². The third kappa shape index (κ3) is 7.43. The molecule has 9 heteroatoms. The van der Waals surface area contributed by atoms with Crippen molar-refractivity contribution in [3.8, 4) is 5.75 Å². The second-order valence-electron chi connectivity index (χ2n) is 6.52. The Morgan fingerprint density at radius 3 is 2.34 bits per heavy atom. The number of nitrogens with one attached hydrogen (secondary N) is 2. The van der Waals surface area contributed by atoms with E-state index >= 15 is 0 Å². The van der Waals surface area contributed by atoms with Crippen LogP contribution in [0.4, 0.5) is 8.78 Å². The third-order valence-corrected chi connectivity index (χ3v) is 5.78. The Bertz CT molecular complexity index is 932. The summed E-state index contributed by atoms with van der Waals surface area (Å²) in [6.07, 6.45) is 0.514. The van der Waals surface area contributed by atoms with Gasteiger partial charge in [0.05, 0.1) is 4.90 Å². The molecule has 0 heterocycles. The number of hydrogen-bond donors (Lipinski definition) is 2. The number of aryl methyl sites for hydroxylation is 2. The third-order valence-electron chi connectivity index (χ3n) is 4.32. The maximum atomic E-state index is 12.3. The highest BCUT2D eigenvalue weighted by Gasteiger charge is 2.14. The summed E-state index contributed by atoms with van der Waals surface area (Å²) < 4.78 is 55.4. The zero-order valence-electron chi connectivity index (χ0n) is 16.2. The maximum Gasteiger partial charge on any atom is 0.387 e. The van der Waals surface area contributed by atoms with E-state index in [-0.39, 0.29) is 29.5 Å². The molecule has 0 radical (unpaired) electrons. The molecule has 6 nitrogen and oxygen atoms in total. The van der Waals surface area contributed by atoms with Crippen LogP contribution in [0.1, 0.15) is 23.1 Å². The minimum absolute atomic E-state index is 0.00520. The van der Waals surface area contributed by atoms with E-state index in [9.17, 15) is 22.0 Å². The number of sulfonamides is 1. The van der Waals surface area contributed by atoms with E-state index in [2.05, 4.69) is 14.8 Å². The van der Waals surface area contributed by atoms with Crippen LogP contribution >= 0.6 is 0 Å². The van der Waals surface area contributed by atoms with Crippen molar-refractivity contribution in [3.63, 3.8) is 0 Å². The zero-order chi connectivity index (χ0) is 21.4. The molecule has 0 aliphatic rings. The van der Waals surface area contributed by atoms with Crippen LogP contribution < -0.4 is 14.8 Å². The summed E-state index contributed by atoms with van der Waals surface area (Å²) in [4.78, 5) is 12.0. The maximum absolute atomic E-state index is 12.3. The molecule has 0 atom stereocenters. The number of ether oxygens (including phenoxy) is 1. The van der Waals surface area contributed by atoms with Gasteiger partial charge in [0.25, 0.3) is 0 Å². The number of halogens is 2. The Labute approximate surface area is 169 Å². The lowest BCUT2D eigenvalue weighted by atomic mass is 10.1. The Morgan fingerprint density at radius 2 is 1.72 bits per heavy atom. The van der Waals surface area contributed by atoms with Gasteiger partial charge in [-0.25, -0.2) is 13.1 Å². The van der Waals surface area contributed by atoms with Crippen LogP contribution in [0.5, 0.6) is 5.75 Å². The van der Waals surface area contributed by atoms with E-state index in [1.807, 2.05) is 13.8 Å². The van der Waals surface area contributed by atoms with Gasteiger partial charge in [-0.2, -0.15) is 8.78 Å². The van der Waals surface area contributed by atoms with E-state index in [0.29, 0.717) is 13.0 Å². The number of carbonyl (C=O) groups excluding carboxylic acids is 1. The average Bonchev–Trinajstić information content (AvgIpc) is 2.64. The Kier molecular flexibility index (Phi) is 8.10. The van der Waals surface area contributed by atoms with Crippen molar-refractivity contribution in [2.24, 2.45) is 0 Å². The van der Waals surface area contributed by atoms with Crippen molar-refractivity contribution in [1.82, 2.24) is 10.0 Å². The minimum Gasteiger partial charge on any atom is -0.435 e. The molecule has 0 saturated heterocycles. The molecule has 2 aromatic carbocycles. The molecule has 0 aliphatic carbocycles. The number of carbonyl (C=O) groups is 1. The van der Waals surface area contributed by atoms with Gasteiger partial charge in [0, 0.05) is 19.5 Å². The summed E-state index contributed by atoms with van der Waals surface area (Å²) in [6.45, 7) is 1.20. The Balaban J connectivity index is 1.72. The van der Waals surface area contributed by atoms with Crippen molar-refractivity contribution < 1.29 is 26.7 Å². The highest BCUT2D eigenvalue weighted by Crippen LogP contribution is 2.15. The van der Waals surface area contributed by atoms with Gasteiger partial charge in [-0.1, -0.05) is 18.2 Å². The highest BCUT2D eigenvalue weighted by molar-refractivity contribution is 7.89. The molecule has 2 aromatic rings. The van der Waals surface area contributed by atoms with Crippen molar-refractivity contribution >= 4 is 15.9 Å². The van der Waals surface area contributed by atoms with Crippen molar-refractivity contribution in [3.05, 3.63) is 59.2 Å². The number of hydrogen-bond acceptors (Lipinski definition) is 4. The summed E-state index contributed by atoms with van der Waals surface area (Å²) in [6, 6.07) is 11.0. The van der Waals surface area contributed by atoms with Gasteiger partial charge >= 0.3 is 6.61 Å². The molecule has 0 fully saturated rings. The van der Waals surface area contributed by atoms with Gasteiger partial charge in [-0.15, -0.1) is 0 Å². The molecule has 2 N–H and O–H groups in total. The Hall–Kier alpha value is -2.52. The lowest BCUT2D eigenvalue weighted by molar-refractivity contribution is -0.120. The van der Waals surface area contributed by atoms with Crippen molar-refractivity contribution in [2.75, 3.05) is 13.1 Å². The number of benzene rings is 2. The first-order valence-electron chi connectivity index (χ1n) is 9.05. The monoisotopic (exact) mass is 426 g/mol. The summed E-state index contributed by atoms with van der Waals surface area (Å²) in [5.41, 5.74) is 2.72. The lowest BCUT2D eigenvalue weighted by Gasteiger charge is -2.09. The largest absolute Gasteiger partial charge is 0.435 e. The molecule has 0 spiro atoms. The lowest BCUT2D eigenvalue weighted by Crippen LogP contribution is -2.31. The SMILES string of the molecule is Cc1ccc(S(=O)(=O)NCCC(=O)NCCc2ccc(OC(F)F)cc2)cc1C. The van der Waals surface area contributed by atoms with Gasteiger partial charge < -0.3 is 10.1 Å². The van der Waals surface area contributed by atoms with E-state index in [0.717, 1.165) is 16.7 Å². The summed E-state index contributed by atoms with van der Waals surface area (Å²) in [5.74, 6) is -0.214. The molecular formula is C20H24F2N2O4S. The van der Waals surface area contributed by atoms with Crippen LogP contribution in [0.25, 0.3) is 0 Å². The van der Waals surface area contributed by atoms with Crippen LogP contribution in [-0.2, 0) is 21.2 Å². The molecule has 2 rings (SSSR count). The molecular weight excluding hydrogens is 402 g/mol. The van der Waals surface area contributed by atoms with E-state index < -0.39 is 16.6 Å². The smallest absolute Gasteiger partial charge is 0.387 e. The van der Waals surface area contributed by atoms with Gasteiger partial charge in [-0.05, 0) is 61.2 Å². The van der Waals surface area contributed by atoms with E-state index in [1.165, 1.54) is 18.2 Å². The van der Waals surface area contributed by atoms with Gasteiger partial charge in [0.15, 0.2) is 0 Å². The van der Waals surface area contributed by atoms with Crippen LogP contribution in [0, 0.1) is 13.8 Å². The normalized spacial score (nSPS) is 11.5. The summed E-state index contributed by atoms with van der Waals surface area (Å²) in [5, 5.41) is 2.70. The second kappa shape index (κ2) is 10.3. The molecule has 0 saturated carbocycles. The fraction of sp³-hybridized carbons (Fsp3) is 0.350. The van der Waals surface area contributed by atoms with Crippen LogP contribution in [0.3, 0.4) is 0 Å². The minimum atomic E-state index is -3.67. The average molecular weight is 426 g/mol. The first-order chi connectivity index (χ1) is 13.7. The number of amides is 1. The molecule has 29 heavy (non-hydrogen) atoms. The zero-order valence-corrected chi connectivity index (χ0v) is 17.1. The number of rotatable bonds is 10. The topological polar surface area (TPSA) is 84.5 Å². The summed E-state index contributed by atoms with van der Waals surface area (Å²) in [7, 11) is -3.67. The fourth-order valence-electron chi connectivity index (χ4n) is 2.54. The second-order valence-corrected chi connectivity index (χ2v) is 8.28. The van der Waals surface area contributed by atoms with Gasteiger partial charge in [0.2, 0.25) is 15.9 Å². The quantitative estimate of drug-likeness (QED) is 0.612. The fourth-order valence-corrected chi connectivity index (χ4v) is 3.65. The number of alkyl halides is 2. The van der Waals surface area contributed by atoms with Crippen LogP contribution in [0.2, 0.25) is 0 Å². The summed E-state index contributed by atoms with van der Waals surface area (Å²) >= 11 is 0. The molecule has 0 aromatic heterocycles. The highest BCUT2D eigenvalue weighted by atomic mass is 32.2. The van der Waals surface area contributed by atoms with Gasteiger partial charge in [0.1, 0.15) is 5.75 Å². The molecule has 1 amide bonds. The van der Waals surface area contributed by atoms with E-state index in [4.69, 9.17) is 0 Å². The first kappa shape index (κ1) is 22.8. The standard InChI is InChI=1S/C20H24F2N2O4S/c1-14-3-8-18(13-15(14)2)29(26,27)24-12-10-19(25)23-11-9-16-4-6-17(7-5-16)28-20(21)22/h3-8,13,20,24H,9-12H2,1-2H3,(H,23,25). The Morgan fingerprint density at radius 1 is 1.03 bits per heavy atom. The van der Waals surface area contributed by atoms with Crippen LogP contribution in [0.15, 0.2) is 47.4 Å². The molecule has 158 valence electrons. The predicted octanol–water partition coefficient (Wildman–Crippen LogP) is 2.93. The molecule has 0 bridgehead atoms. The van der Waals surface area contributed by atoms with Crippen LogP contribution in [-0.4, -0.2) is 34.0 Å². The predicted molar refractivity (Wildman–Crippen MR) is 106 cm³/mol. The molecule has 0 aliphatic heterocycles. The van der Waals surface area contributed by atoms with Crippen molar-refractivity contribution in [2.45, 2.75) is 38.2 Å². The van der Waals surface area contributed by atoms with Gasteiger partial charge in [-0.3, -0.25) is 4.79 Å². The van der Waals surface area contributed by atoms with Crippen molar-refractivity contribution in [1.29, 1.82) is 0 Å². The molecule has 0 unspecified atom stereocenters.